The molecule has 1 aliphatic rings. The number of fused-ring (bicyclic) bond motifs is 1. The first kappa shape index (κ1) is 32.0. The molecule has 3 atom stereocenters. The molecule has 3 amide bonds. The highest BCUT2D eigenvalue weighted by Gasteiger charge is 2.58. The van der Waals surface area contributed by atoms with Gasteiger partial charge in [0.2, 0.25) is 0 Å². The number of ether oxygens (including phenoxy) is 1. The van der Waals surface area contributed by atoms with Gasteiger partial charge in [0.25, 0.3) is 5.91 Å². The van der Waals surface area contributed by atoms with Gasteiger partial charge in [0.05, 0.1) is 48.7 Å². The third kappa shape index (κ3) is 6.37. The molecule has 18 heteroatoms. The number of urea groups is 1. The molecule has 0 radical (unpaired) electrons. The number of nitrogens with zero attached hydrogens (tertiary/aromatic N) is 6. The van der Waals surface area contributed by atoms with Gasteiger partial charge >= 0.3 is 18.4 Å². The molecule has 4 rings (SSSR count). The molecule has 236 valence electrons. The van der Waals surface area contributed by atoms with Crippen molar-refractivity contribution in [2.24, 2.45) is 5.41 Å². The first-order valence-electron chi connectivity index (χ1n) is 13.0. The maximum atomic E-state index is 13.6. The summed E-state index contributed by atoms with van der Waals surface area (Å²) in [6, 6.07) is -1.47. The lowest BCUT2D eigenvalue weighted by Gasteiger charge is -2.29. The van der Waals surface area contributed by atoms with Gasteiger partial charge in [-0.3, -0.25) is 4.79 Å². The average molecular weight is 621 g/mol. The minimum atomic E-state index is -4.71. The summed E-state index contributed by atoms with van der Waals surface area (Å²) in [5, 5.41) is 15.9. The van der Waals surface area contributed by atoms with E-state index in [1.807, 2.05) is 5.32 Å². The van der Waals surface area contributed by atoms with Crippen molar-refractivity contribution in [3.63, 3.8) is 0 Å². The summed E-state index contributed by atoms with van der Waals surface area (Å²) in [6.07, 6.45) is -7.03. The topological polar surface area (TPSA) is 140 Å². The van der Waals surface area contributed by atoms with Gasteiger partial charge in [0, 0.05) is 12.7 Å². The van der Waals surface area contributed by atoms with E-state index in [0.717, 1.165) is 25.7 Å². The number of methoxy groups -OCH3 is 1. The number of nitrogens with one attached hydrogen (secondary N) is 2. The van der Waals surface area contributed by atoms with Crippen LogP contribution in [-0.2, 0) is 4.74 Å². The van der Waals surface area contributed by atoms with E-state index in [1.165, 1.54) is 37.0 Å². The molecule has 0 saturated carbocycles. The summed E-state index contributed by atoms with van der Waals surface area (Å²) < 4.78 is 92.7. The van der Waals surface area contributed by atoms with E-state index in [2.05, 4.69) is 30.3 Å². The van der Waals surface area contributed by atoms with Gasteiger partial charge in [-0.25, -0.2) is 18.9 Å². The molecule has 0 aromatic carbocycles. The summed E-state index contributed by atoms with van der Waals surface area (Å²) in [7, 11) is 1.32. The van der Waals surface area contributed by atoms with Gasteiger partial charge in [-0.1, -0.05) is 19.0 Å². The fraction of sp³-hybridized carbons (Fsp3) is 0.600. The predicted octanol–water partition coefficient (Wildman–Crippen LogP) is 4.29. The molecular formula is C25H30F6N8O4. The second kappa shape index (κ2) is 11.3. The smallest absolute Gasteiger partial charge is 0.382 e. The van der Waals surface area contributed by atoms with E-state index < -0.39 is 53.9 Å². The summed E-state index contributed by atoms with van der Waals surface area (Å²) in [4.78, 5) is 30.9. The van der Waals surface area contributed by atoms with Crippen LogP contribution in [0.2, 0.25) is 0 Å². The Labute approximate surface area is 241 Å². The van der Waals surface area contributed by atoms with Crippen molar-refractivity contribution in [3.8, 4) is 0 Å². The van der Waals surface area contributed by atoms with E-state index >= 15 is 0 Å². The number of carbonyl (C=O) groups is 2. The molecule has 0 spiro atoms. The third-order valence-electron chi connectivity index (χ3n) is 7.56. The Kier molecular flexibility index (Phi) is 8.38. The van der Waals surface area contributed by atoms with Crippen LogP contribution < -0.4 is 10.6 Å². The third-order valence-corrected chi connectivity index (χ3v) is 7.56. The van der Waals surface area contributed by atoms with Crippen LogP contribution in [0.25, 0.3) is 5.65 Å². The largest absolute Gasteiger partial charge is 0.413 e. The van der Waals surface area contributed by atoms with Crippen LogP contribution >= 0.6 is 0 Å². The number of hydrogen-bond donors (Lipinski definition) is 2. The van der Waals surface area contributed by atoms with Crippen LogP contribution in [-0.4, -0.2) is 79.9 Å². The van der Waals surface area contributed by atoms with E-state index in [1.54, 1.807) is 0 Å². The second-order valence-electron chi connectivity index (χ2n) is 11.3. The molecule has 0 unspecified atom stereocenters. The molecule has 1 aliphatic heterocycles. The lowest BCUT2D eigenvalue weighted by atomic mass is 9.85. The van der Waals surface area contributed by atoms with E-state index in [4.69, 9.17) is 4.74 Å². The molecule has 0 aliphatic carbocycles. The Balaban J connectivity index is 1.66. The van der Waals surface area contributed by atoms with Crippen LogP contribution in [0.4, 0.5) is 31.1 Å². The number of carbonyl (C=O) groups excluding carboxylic acids is 2. The fourth-order valence-electron chi connectivity index (χ4n) is 4.56. The van der Waals surface area contributed by atoms with Gasteiger partial charge in [-0.15, -0.1) is 0 Å². The highest BCUT2D eigenvalue weighted by atomic mass is 19.4. The minimum Gasteiger partial charge on any atom is -0.382 e. The molecule has 0 bridgehead atoms. The first-order chi connectivity index (χ1) is 19.9. The lowest BCUT2D eigenvalue weighted by molar-refractivity contribution is -0.214. The van der Waals surface area contributed by atoms with Crippen molar-refractivity contribution in [3.05, 3.63) is 41.1 Å². The van der Waals surface area contributed by atoms with Crippen molar-refractivity contribution in [2.45, 2.75) is 70.5 Å². The number of halogens is 6. The molecule has 2 N–H and O–H groups in total. The Morgan fingerprint density at radius 1 is 1.23 bits per heavy atom. The van der Waals surface area contributed by atoms with E-state index in [9.17, 15) is 35.9 Å². The molecule has 1 saturated heterocycles. The van der Waals surface area contributed by atoms with Gasteiger partial charge < -0.3 is 20.3 Å². The highest BCUT2D eigenvalue weighted by Crippen LogP contribution is 2.42. The van der Waals surface area contributed by atoms with Crippen LogP contribution in [0.3, 0.4) is 0 Å². The monoisotopic (exact) mass is 620 g/mol. The zero-order valence-electron chi connectivity index (χ0n) is 23.8. The van der Waals surface area contributed by atoms with Crippen LogP contribution in [0.5, 0.6) is 0 Å². The van der Waals surface area contributed by atoms with Crippen LogP contribution in [0, 0.1) is 12.3 Å². The maximum Gasteiger partial charge on any atom is 0.413 e. The Morgan fingerprint density at radius 3 is 2.49 bits per heavy atom. The number of aromatic nitrogens is 5. The highest BCUT2D eigenvalue weighted by molar-refractivity contribution is 5.93. The number of aryl methyl sites for hydroxylation is 1. The normalized spacial score (nSPS) is 19.5. The van der Waals surface area contributed by atoms with Crippen molar-refractivity contribution in [1.29, 1.82) is 0 Å². The Morgan fingerprint density at radius 2 is 1.93 bits per heavy atom. The van der Waals surface area contributed by atoms with E-state index in [0.29, 0.717) is 5.56 Å². The standard InChI is InChI=1S/C25H30F6N8O4/c1-13-19(37-43-36-13)20(40)34-15(6-7-22(2,3)24(26,27)28)16-10-39-18(33-16)8-14(9-32-39)17(11-42-5)38-12-23(4,25(29,30)31)35-21(38)41/h8-10,15,17H,6-7,11-12H2,1-5H3,(H,34,40)(H,35,41)/t15-,17+,23-/m0/s1. The van der Waals surface area contributed by atoms with Gasteiger partial charge in [-0.2, -0.15) is 31.4 Å². The summed E-state index contributed by atoms with van der Waals surface area (Å²) in [5.74, 6) is -0.743. The van der Waals surface area contributed by atoms with Crippen molar-refractivity contribution < 1.29 is 45.3 Å². The Hall–Kier alpha value is -3.96. The first-order valence-corrected chi connectivity index (χ1v) is 13.0. The SMILES string of the molecule is COC[C@H](c1cnn2cc([C@H](CCC(C)(C)C(F)(F)F)NC(=O)c3nonc3C)nc2c1)N1C[C@@](C)(C(F)(F)F)NC1=O. The maximum absolute atomic E-state index is 13.6. The zero-order chi connectivity index (χ0) is 32.0. The number of amides is 3. The van der Waals surface area contributed by atoms with Gasteiger partial charge in [-0.05, 0) is 37.9 Å². The molecule has 3 aromatic rings. The lowest BCUT2D eigenvalue weighted by Crippen LogP contribution is -2.53. The number of imidazole rings is 1. The van der Waals surface area contributed by atoms with Gasteiger partial charge in [0.1, 0.15) is 5.69 Å². The molecule has 4 heterocycles. The summed E-state index contributed by atoms with van der Waals surface area (Å²) in [6.45, 7) is 3.59. The molecule has 12 nitrogen and oxygen atoms in total. The quantitative estimate of drug-likeness (QED) is 0.320. The van der Waals surface area contributed by atoms with Crippen molar-refractivity contribution in [2.75, 3.05) is 20.3 Å². The summed E-state index contributed by atoms with van der Waals surface area (Å²) in [5.41, 5.74) is -3.91. The number of alkyl halides is 6. The van der Waals surface area contributed by atoms with Crippen molar-refractivity contribution >= 4 is 17.6 Å². The van der Waals surface area contributed by atoms with Crippen LogP contribution in [0.15, 0.2) is 23.1 Å². The second-order valence-corrected chi connectivity index (χ2v) is 11.3. The average Bonchev–Trinajstić information content (AvgIpc) is 3.60. The van der Waals surface area contributed by atoms with Crippen LogP contribution in [0.1, 0.15) is 73.1 Å². The number of hydrogen-bond acceptors (Lipinski definition) is 8. The van der Waals surface area contributed by atoms with Gasteiger partial charge in [0.15, 0.2) is 16.9 Å². The number of rotatable bonds is 10. The molecular weight excluding hydrogens is 590 g/mol. The molecule has 43 heavy (non-hydrogen) atoms. The Bertz CT molecular complexity index is 1490. The zero-order valence-corrected chi connectivity index (χ0v) is 23.8. The van der Waals surface area contributed by atoms with Crippen molar-refractivity contribution in [1.82, 2.24) is 40.4 Å². The molecule has 3 aromatic heterocycles. The van der Waals surface area contributed by atoms with E-state index in [-0.39, 0.29) is 42.2 Å². The summed E-state index contributed by atoms with van der Waals surface area (Å²) >= 11 is 0. The predicted molar refractivity (Wildman–Crippen MR) is 136 cm³/mol. The fourth-order valence-corrected chi connectivity index (χ4v) is 4.56. The molecule has 1 fully saturated rings. The minimum absolute atomic E-state index is 0.151.